The lowest BCUT2D eigenvalue weighted by molar-refractivity contribution is -0.229. The molecule has 0 amide bonds. The van der Waals surface area contributed by atoms with E-state index in [2.05, 4.69) is 0 Å². The molecule has 0 spiro atoms. The third-order valence-electron chi connectivity index (χ3n) is 9.61. The predicted octanol–water partition coefficient (Wildman–Crippen LogP) is 4.35. The second-order valence-electron chi connectivity index (χ2n) is 11.0. The highest BCUT2D eigenvalue weighted by molar-refractivity contribution is 6.29. The first kappa shape index (κ1) is 24.6. The number of carbonyl (C=O) groups excluding carboxylic acids is 3. The fraction of sp³-hybridized carbons (Fsp3) is 0.731. The van der Waals surface area contributed by atoms with Gasteiger partial charge in [-0.05, 0) is 50.2 Å². The van der Waals surface area contributed by atoms with Gasteiger partial charge in [0.1, 0.15) is 0 Å². The fourth-order valence-electron chi connectivity index (χ4n) is 8.14. The number of aliphatic hydroxyl groups is 1. The molecule has 4 aliphatic carbocycles. The number of ether oxygens (including phenoxy) is 1. The molecule has 0 saturated heterocycles. The topological polar surface area (TPSA) is 80.7 Å². The van der Waals surface area contributed by atoms with Crippen LogP contribution in [-0.2, 0) is 19.1 Å². The Morgan fingerprint density at radius 2 is 1.91 bits per heavy atom. The van der Waals surface area contributed by atoms with Crippen LogP contribution < -0.4 is 0 Å². The zero-order chi connectivity index (χ0) is 24.6. The molecule has 1 N–H and O–H groups in total. The molecule has 182 valence electrons. The second-order valence-corrected chi connectivity index (χ2v) is 11.3. The number of ketones is 2. The van der Waals surface area contributed by atoms with Crippen LogP contribution in [0.25, 0.3) is 0 Å². The van der Waals surface area contributed by atoms with Crippen LogP contribution in [-0.4, -0.2) is 45.9 Å². The van der Waals surface area contributed by atoms with Gasteiger partial charge >= 0.3 is 5.97 Å². The van der Waals surface area contributed by atoms with Gasteiger partial charge in [-0.25, -0.2) is 4.39 Å². The number of halogens is 2. The largest absolute Gasteiger partial charge is 0.450 e. The number of fused-ring (bicyclic) bond motifs is 5. The minimum absolute atomic E-state index is 0.0341. The molecule has 7 heteroatoms. The normalized spacial score (nSPS) is 48.4. The molecule has 4 rings (SSSR count). The Bertz CT molecular complexity index is 960. The maximum atomic E-state index is 17.4. The van der Waals surface area contributed by atoms with Gasteiger partial charge in [0.15, 0.2) is 22.8 Å². The summed E-state index contributed by atoms with van der Waals surface area (Å²) in [5.74, 6) is -2.70. The second kappa shape index (κ2) is 7.74. The predicted molar refractivity (Wildman–Crippen MR) is 122 cm³/mol. The Labute approximate surface area is 199 Å². The molecule has 4 aliphatic rings. The molecule has 0 heterocycles. The van der Waals surface area contributed by atoms with Crippen LogP contribution >= 0.6 is 11.6 Å². The molecule has 3 fully saturated rings. The number of rotatable bonds is 4. The van der Waals surface area contributed by atoms with Crippen molar-refractivity contribution in [2.45, 2.75) is 77.7 Å². The molecule has 0 aromatic carbocycles. The highest BCUT2D eigenvalue weighted by Gasteiger charge is 2.77. The molecular formula is C26H34ClFO5. The van der Waals surface area contributed by atoms with Crippen molar-refractivity contribution in [2.24, 2.45) is 34.5 Å². The standard InChI is InChI=1S/C26H34ClFO5/c1-6-22(32)33-26(21(31)13-27)15(3)10-18-19-9-14(2)17-11-16(29)7-8-23(17,4)25(19,28)20(30)12-24(18,26)5/h7-8,11,14-15,18-20,30H,6,9-10,12-13H2,1-5H3/t14-,15-,18-,19-,20-,23-,24-,25-,26-/m0/s1. The first-order chi connectivity index (χ1) is 15.3. The third-order valence-corrected chi connectivity index (χ3v) is 9.85. The summed E-state index contributed by atoms with van der Waals surface area (Å²) in [6.07, 6.45) is 4.12. The number of Topliss-reactive ketones (excluding diaryl/α,β-unsaturated/α-hetero) is 1. The van der Waals surface area contributed by atoms with Gasteiger partial charge in [-0.1, -0.05) is 39.3 Å². The molecule has 0 bridgehead atoms. The van der Waals surface area contributed by atoms with Gasteiger partial charge in [-0.15, -0.1) is 11.6 Å². The van der Waals surface area contributed by atoms with Gasteiger partial charge in [0, 0.05) is 29.1 Å². The van der Waals surface area contributed by atoms with Crippen LogP contribution in [0.2, 0.25) is 0 Å². The maximum Gasteiger partial charge on any atom is 0.306 e. The number of carbonyl (C=O) groups is 3. The molecule has 0 aliphatic heterocycles. The monoisotopic (exact) mass is 480 g/mol. The van der Waals surface area contributed by atoms with E-state index >= 15 is 4.39 Å². The summed E-state index contributed by atoms with van der Waals surface area (Å²) in [5.41, 5.74) is -4.90. The Balaban J connectivity index is 1.88. The van der Waals surface area contributed by atoms with Crippen molar-refractivity contribution in [2.75, 3.05) is 5.88 Å². The molecule has 33 heavy (non-hydrogen) atoms. The Hall–Kier alpha value is -1.53. The first-order valence-electron chi connectivity index (χ1n) is 12.0. The number of alkyl halides is 2. The van der Waals surface area contributed by atoms with Crippen LogP contribution in [0.5, 0.6) is 0 Å². The summed E-state index contributed by atoms with van der Waals surface area (Å²) in [6.45, 7) is 9.14. The lowest BCUT2D eigenvalue weighted by atomic mass is 9.43. The number of aliphatic hydroxyl groups excluding tert-OH is 1. The molecule has 9 atom stereocenters. The summed E-state index contributed by atoms with van der Waals surface area (Å²) in [5, 5.41) is 11.5. The van der Waals surface area contributed by atoms with E-state index in [4.69, 9.17) is 16.3 Å². The number of hydrogen-bond acceptors (Lipinski definition) is 5. The highest BCUT2D eigenvalue weighted by Crippen LogP contribution is 2.72. The maximum absolute atomic E-state index is 17.4. The third kappa shape index (κ3) is 2.89. The summed E-state index contributed by atoms with van der Waals surface area (Å²) < 4.78 is 23.3. The van der Waals surface area contributed by atoms with Gasteiger partial charge in [-0.2, -0.15) is 0 Å². The van der Waals surface area contributed by atoms with Crippen molar-refractivity contribution >= 4 is 29.1 Å². The number of allylic oxidation sites excluding steroid dienone is 4. The average molecular weight is 481 g/mol. The fourth-order valence-corrected chi connectivity index (χ4v) is 8.34. The molecule has 0 aromatic rings. The number of esters is 1. The molecule has 5 nitrogen and oxygen atoms in total. The van der Waals surface area contributed by atoms with Crippen molar-refractivity contribution in [3.05, 3.63) is 23.8 Å². The van der Waals surface area contributed by atoms with Crippen molar-refractivity contribution in [3.8, 4) is 0 Å². The molecular weight excluding hydrogens is 447 g/mol. The highest BCUT2D eigenvalue weighted by atomic mass is 35.5. The minimum atomic E-state index is -2.01. The van der Waals surface area contributed by atoms with E-state index < -0.39 is 40.1 Å². The van der Waals surface area contributed by atoms with Crippen molar-refractivity contribution in [1.82, 2.24) is 0 Å². The Morgan fingerprint density at radius 1 is 1.24 bits per heavy atom. The van der Waals surface area contributed by atoms with Crippen molar-refractivity contribution in [3.63, 3.8) is 0 Å². The minimum Gasteiger partial charge on any atom is -0.450 e. The van der Waals surface area contributed by atoms with Gasteiger partial charge in [-0.3, -0.25) is 14.4 Å². The van der Waals surface area contributed by atoms with Crippen LogP contribution in [0.15, 0.2) is 23.8 Å². The van der Waals surface area contributed by atoms with Crippen LogP contribution in [0, 0.1) is 34.5 Å². The molecule has 0 aromatic heterocycles. The van der Waals surface area contributed by atoms with Gasteiger partial charge in [0.2, 0.25) is 0 Å². The lowest BCUT2D eigenvalue weighted by Crippen LogP contribution is -2.70. The van der Waals surface area contributed by atoms with Crippen LogP contribution in [0.3, 0.4) is 0 Å². The van der Waals surface area contributed by atoms with E-state index in [0.29, 0.717) is 18.4 Å². The van der Waals surface area contributed by atoms with E-state index in [1.807, 2.05) is 20.8 Å². The molecule has 0 unspecified atom stereocenters. The van der Waals surface area contributed by atoms with Crippen LogP contribution in [0.4, 0.5) is 4.39 Å². The van der Waals surface area contributed by atoms with E-state index in [9.17, 15) is 19.5 Å². The van der Waals surface area contributed by atoms with E-state index in [-0.39, 0.29) is 48.0 Å². The van der Waals surface area contributed by atoms with Gasteiger partial charge in [0.25, 0.3) is 0 Å². The van der Waals surface area contributed by atoms with Crippen LogP contribution in [0.1, 0.15) is 60.3 Å². The average Bonchev–Trinajstić information content (AvgIpc) is 2.98. The summed E-state index contributed by atoms with van der Waals surface area (Å²) >= 11 is 6.03. The van der Waals surface area contributed by atoms with Gasteiger partial charge < -0.3 is 9.84 Å². The number of hydrogen-bond donors (Lipinski definition) is 1. The van der Waals surface area contributed by atoms with E-state index in [1.165, 1.54) is 12.2 Å². The molecule has 3 saturated carbocycles. The zero-order valence-corrected chi connectivity index (χ0v) is 20.7. The van der Waals surface area contributed by atoms with E-state index in [0.717, 1.165) is 0 Å². The Morgan fingerprint density at radius 3 is 2.52 bits per heavy atom. The van der Waals surface area contributed by atoms with Crippen molar-refractivity contribution in [1.29, 1.82) is 0 Å². The van der Waals surface area contributed by atoms with Crippen molar-refractivity contribution < 1.29 is 28.6 Å². The van der Waals surface area contributed by atoms with Gasteiger partial charge in [0.05, 0.1) is 12.0 Å². The Kier molecular flexibility index (Phi) is 5.77. The molecule has 0 radical (unpaired) electrons. The lowest BCUT2D eigenvalue weighted by Gasteiger charge is -2.63. The summed E-state index contributed by atoms with van der Waals surface area (Å²) in [4.78, 5) is 38.0. The summed E-state index contributed by atoms with van der Waals surface area (Å²) in [7, 11) is 0. The SMILES string of the molecule is CCC(=O)O[C@]1(C(=O)CCl)[C@@H](C)C[C@H]2[C@@H]3C[C@H](C)C4=CC(=O)C=C[C@]4(C)[C@@]3(F)[C@@H](O)C[C@@]21C. The first-order valence-corrected chi connectivity index (χ1v) is 12.5. The smallest absolute Gasteiger partial charge is 0.306 e. The van der Waals surface area contributed by atoms with E-state index in [1.54, 1.807) is 19.9 Å². The summed E-state index contributed by atoms with van der Waals surface area (Å²) in [6, 6.07) is 0. The zero-order valence-electron chi connectivity index (χ0n) is 20.0. The quantitative estimate of drug-likeness (QED) is 0.478.